The molecule has 0 radical (unpaired) electrons. The number of rotatable bonds is 13. The molecule has 0 N–H and O–H groups in total. The molecule has 0 bridgehead atoms. The topological polar surface area (TPSA) is 65.1 Å². The van der Waals surface area contributed by atoms with Gasteiger partial charge in [-0.1, -0.05) is 93.5 Å². The molecule has 1 atom stereocenters. The quantitative estimate of drug-likeness (QED) is 0.127. The van der Waals surface area contributed by atoms with Crippen LogP contribution in [0.5, 0.6) is 11.5 Å². The van der Waals surface area contributed by atoms with Gasteiger partial charge in [0, 0.05) is 0 Å². The zero-order chi connectivity index (χ0) is 25.9. The second kappa shape index (κ2) is 14.0. The third-order valence-electron chi connectivity index (χ3n) is 5.61. The Morgan fingerprint density at radius 1 is 1.03 bits per heavy atom. The molecular weight excluding hydrogens is 494 g/mol. The van der Waals surface area contributed by atoms with Crippen molar-refractivity contribution >= 4 is 46.3 Å². The lowest BCUT2D eigenvalue weighted by atomic mass is 10.1. The lowest BCUT2D eigenvalue weighted by Gasteiger charge is -2.25. The van der Waals surface area contributed by atoms with Gasteiger partial charge in [0.05, 0.1) is 25.2 Å². The van der Waals surface area contributed by atoms with Gasteiger partial charge in [0.25, 0.3) is 5.91 Å². The van der Waals surface area contributed by atoms with Crippen molar-refractivity contribution in [3.8, 4) is 11.5 Å². The summed E-state index contributed by atoms with van der Waals surface area (Å²) in [6.07, 6.45) is 6.94. The summed E-state index contributed by atoms with van der Waals surface area (Å²) in [6.45, 7) is 5.00. The molecule has 3 rings (SSSR count). The fraction of sp³-hybridized carbons (Fsp3) is 0.393. The van der Waals surface area contributed by atoms with Gasteiger partial charge < -0.3 is 14.2 Å². The fourth-order valence-electron chi connectivity index (χ4n) is 3.77. The van der Waals surface area contributed by atoms with Gasteiger partial charge >= 0.3 is 5.97 Å². The van der Waals surface area contributed by atoms with E-state index in [1.54, 1.807) is 25.3 Å². The van der Waals surface area contributed by atoms with Crippen LogP contribution in [0.2, 0.25) is 0 Å². The zero-order valence-corrected chi connectivity index (χ0v) is 22.7. The van der Waals surface area contributed by atoms with Crippen molar-refractivity contribution < 1.29 is 23.8 Å². The highest BCUT2D eigenvalue weighted by Crippen LogP contribution is 2.39. The number of hydrogen-bond acceptors (Lipinski definition) is 7. The zero-order valence-electron chi connectivity index (χ0n) is 21.0. The summed E-state index contributed by atoms with van der Waals surface area (Å²) >= 11 is 6.71. The Morgan fingerprint density at radius 3 is 2.50 bits per heavy atom. The van der Waals surface area contributed by atoms with Gasteiger partial charge in [0.2, 0.25) is 0 Å². The fourth-order valence-corrected chi connectivity index (χ4v) is 5.08. The van der Waals surface area contributed by atoms with Crippen molar-refractivity contribution in [3.05, 3.63) is 64.6 Å². The number of thioether (sulfide) groups is 1. The van der Waals surface area contributed by atoms with Crippen LogP contribution in [0.4, 0.5) is 0 Å². The van der Waals surface area contributed by atoms with Crippen LogP contribution in [0.15, 0.2) is 53.4 Å². The molecule has 0 aromatic heterocycles. The number of amides is 1. The largest absolute Gasteiger partial charge is 0.493 e. The number of benzene rings is 2. The van der Waals surface area contributed by atoms with Crippen LogP contribution in [0.1, 0.15) is 63.1 Å². The average molecular weight is 528 g/mol. The van der Waals surface area contributed by atoms with Gasteiger partial charge in [0.1, 0.15) is 4.32 Å². The highest BCUT2D eigenvalue weighted by molar-refractivity contribution is 8.26. The molecule has 0 aliphatic carbocycles. The Kier molecular flexibility index (Phi) is 10.8. The Hall–Kier alpha value is -2.84. The molecule has 1 fully saturated rings. The van der Waals surface area contributed by atoms with Crippen LogP contribution in [-0.4, -0.2) is 41.4 Å². The molecule has 1 aliphatic rings. The molecule has 0 saturated carbocycles. The predicted molar refractivity (Wildman–Crippen MR) is 148 cm³/mol. The molecule has 1 aliphatic heterocycles. The van der Waals surface area contributed by atoms with Gasteiger partial charge in [-0.05, 0) is 42.2 Å². The first-order chi connectivity index (χ1) is 17.5. The second-order valence-corrected chi connectivity index (χ2v) is 10.0. The first-order valence-corrected chi connectivity index (χ1v) is 13.5. The van der Waals surface area contributed by atoms with E-state index >= 15 is 0 Å². The summed E-state index contributed by atoms with van der Waals surface area (Å²) in [5.41, 5.74) is 1.42. The Bertz CT molecular complexity index is 1090. The number of ether oxygens (including phenoxy) is 3. The van der Waals surface area contributed by atoms with Gasteiger partial charge in [0.15, 0.2) is 17.5 Å². The maximum atomic E-state index is 13.4. The first-order valence-electron chi connectivity index (χ1n) is 12.3. The van der Waals surface area contributed by atoms with Crippen LogP contribution < -0.4 is 9.47 Å². The van der Waals surface area contributed by atoms with E-state index in [1.807, 2.05) is 43.3 Å². The predicted octanol–water partition coefficient (Wildman–Crippen LogP) is 6.55. The van der Waals surface area contributed by atoms with E-state index in [0.29, 0.717) is 39.3 Å². The average Bonchev–Trinajstić information content (AvgIpc) is 3.16. The number of carbonyl (C=O) groups excluding carboxylic acids is 2. The van der Waals surface area contributed by atoms with Gasteiger partial charge in [-0.2, -0.15) is 0 Å². The number of esters is 1. The van der Waals surface area contributed by atoms with Crippen molar-refractivity contribution in [1.29, 1.82) is 0 Å². The minimum Gasteiger partial charge on any atom is -0.493 e. The third kappa shape index (κ3) is 7.11. The molecule has 36 heavy (non-hydrogen) atoms. The third-order valence-corrected chi connectivity index (χ3v) is 6.94. The van der Waals surface area contributed by atoms with Crippen molar-refractivity contribution in [2.75, 3.05) is 20.3 Å². The molecule has 0 spiro atoms. The number of methoxy groups -OCH3 is 1. The van der Waals surface area contributed by atoms with Gasteiger partial charge in [-0.25, -0.2) is 4.79 Å². The smallest absolute Gasteiger partial charge is 0.333 e. The maximum Gasteiger partial charge on any atom is 0.333 e. The summed E-state index contributed by atoms with van der Waals surface area (Å²) in [5, 5.41) is 0. The van der Waals surface area contributed by atoms with Crippen LogP contribution in [0.3, 0.4) is 0 Å². The highest BCUT2D eigenvalue weighted by Gasteiger charge is 2.42. The molecular formula is C28H33NO5S2. The lowest BCUT2D eigenvalue weighted by Crippen LogP contribution is -2.38. The minimum absolute atomic E-state index is 0.277. The number of nitrogens with zero attached hydrogens (tertiary/aromatic N) is 1. The van der Waals surface area contributed by atoms with Crippen LogP contribution in [-0.2, 0) is 14.3 Å². The Morgan fingerprint density at radius 2 is 1.81 bits per heavy atom. The normalized spacial score (nSPS) is 15.3. The van der Waals surface area contributed by atoms with Crippen LogP contribution >= 0.6 is 24.0 Å². The molecule has 1 unspecified atom stereocenters. The van der Waals surface area contributed by atoms with E-state index in [0.717, 1.165) is 18.4 Å². The van der Waals surface area contributed by atoms with Gasteiger partial charge in [-0.15, -0.1) is 0 Å². The highest BCUT2D eigenvalue weighted by atomic mass is 32.2. The molecule has 1 amide bonds. The van der Waals surface area contributed by atoms with E-state index in [9.17, 15) is 9.59 Å². The van der Waals surface area contributed by atoms with Crippen molar-refractivity contribution in [3.63, 3.8) is 0 Å². The van der Waals surface area contributed by atoms with Crippen molar-refractivity contribution in [1.82, 2.24) is 4.90 Å². The van der Waals surface area contributed by atoms with E-state index in [1.165, 1.54) is 29.5 Å². The van der Waals surface area contributed by atoms with E-state index in [4.69, 9.17) is 26.4 Å². The number of carbonyl (C=O) groups is 2. The van der Waals surface area contributed by atoms with E-state index in [-0.39, 0.29) is 12.5 Å². The summed E-state index contributed by atoms with van der Waals surface area (Å²) in [6, 6.07) is 13.7. The maximum absolute atomic E-state index is 13.4. The van der Waals surface area contributed by atoms with Crippen LogP contribution in [0, 0.1) is 0 Å². The lowest BCUT2D eigenvalue weighted by molar-refractivity contribution is -0.151. The summed E-state index contributed by atoms with van der Waals surface area (Å²) in [7, 11) is 1.59. The Balaban J connectivity index is 1.81. The Labute approximate surface area is 223 Å². The minimum atomic E-state index is -0.936. The molecule has 192 valence electrons. The van der Waals surface area contributed by atoms with E-state index in [2.05, 4.69) is 6.92 Å². The molecule has 1 heterocycles. The SMILES string of the molecule is CCCCCCOc1ccc(/C=C2\SC(=S)N(C(C(=O)OCCC)c3ccccc3)C2=O)cc1OC. The van der Waals surface area contributed by atoms with Crippen molar-refractivity contribution in [2.45, 2.75) is 52.0 Å². The molecule has 2 aromatic carbocycles. The molecule has 8 heteroatoms. The van der Waals surface area contributed by atoms with Crippen molar-refractivity contribution in [2.24, 2.45) is 0 Å². The molecule has 2 aromatic rings. The summed E-state index contributed by atoms with van der Waals surface area (Å²) in [4.78, 5) is 28.2. The number of hydrogen-bond donors (Lipinski definition) is 0. The monoisotopic (exact) mass is 527 g/mol. The van der Waals surface area contributed by atoms with Crippen LogP contribution in [0.25, 0.3) is 6.08 Å². The summed E-state index contributed by atoms with van der Waals surface area (Å²) < 4.78 is 17.1. The number of thiocarbonyl (C=S) groups is 1. The molecule has 6 nitrogen and oxygen atoms in total. The summed E-state index contributed by atoms with van der Waals surface area (Å²) in [5.74, 6) is 0.437. The first kappa shape index (κ1) is 27.7. The number of unbranched alkanes of at least 4 members (excludes halogenated alkanes) is 3. The van der Waals surface area contributed by atoms with E-state index < -0.39 is 12.0 Å². The van der Waals surface area contributed by atoms with Gasteiger partial charge in [-0.3, -0.25) is 9.69 Å². The second-order valence-electron chi connectivity index (χ2n) is 8.35. The standard InChI is InChI=1S/C28H33NO5S2/c1-4-6-7-11-17-33-22-15-14-20(18-23(22)32-3)19-24-26(30)29(28(35)36-24)25(27(31)34-16-5-2)21-12-9-8-10-13-21/h8-10,12-15,18-19,25H,4-7,11,16-17H2,1-3H3/b24-19-. The molecule has 1 saturated heterocycles.